The zero-order valence-electron chi connectivity index (χ0n) is 8.32. The molecule has 4 heteroatoms. The second kappa shape index (κ2) is 5.78. The van der Waals surface area contributed by atoms with Gasteiger partial charge in [-0.2, -0.15) is 0 Å². The summed E-state index contributed by atoms with van der Waals surface area (Å²) in [7, 11) is 0. The molecule has 0 aliphatic heterocycles. The van der Waals surface area contributed by atoms with E-state index in [9.17, 15) is 4.79 Å². The maximum Gasteiger partial charge on any atom is 0.225 e. The number of rotatable bonds is 5. The number of carbonyl (C=O) groups is 1. The fraction of sp³-hybridized carbons (Fsp3) is 0.500. The smallest absolute Gasteiger partial charge is 0.225 e. The Hall–Kier alpha value is -0.870. The van der Waals surface area contributed by atoms with E-state index in [2.05, 4.69) is 5.32 Å². The van der Waals surface area contributed by atoms with Crippen molar-refractivity contribution < 1.29 is 4.79 Å². The molecule has 0 radical (unpaired) electrons. The Morgan fingerprint density at radius 1 is 1.71 bits per heavy atom. The molecule has 1 aromatic heterocycles. The molecular weight excluding hydrogens is 196 g/mol. The van der Waals surface area contributed by atoms with E-state index in [-0.39, 0.29) is 11.9 Å². The monoisotopic (exact) mass is 212 g/mol. The lowest BCUT2D eigenvalue weighted by atomic mass is 10.2. The van der Waals surface area contributed by atoms with Gasteiger partial charge in [-0.05, 0) is 24.8 Å². The van der Waals surface area contributed by atoms with Crippen LogP contribution in [0.15, 0.2) is 17.5 Å². The highest BCUT2D eigenvalue weighted by atomic mass is 32.1. The first-order chi connectivity index (χ1) is 6.68. The number of hydrogen-bond acceptors (Lipinski definition) is 3. The zero-order valence-corrected chi connectivity index (χ0v) is 9.14. The van der Waals surface area contributed by atoms with Crippen LogP contribution >= 0.6 is 11.3 Å². The Labute approximate surface area is 88.3 Å². The van der Waals surface area contributed by atoms with Crippen molar-refractivity contribution >= 4 is 17.2 Å². The summed E-state index contributed by atoms with van der Waals surface area (Å²) in [4.78, 5) is 12.4. The summed E-state index contributed by atoms with van der Waals surface area (Å²) in [5.74, 6) is 0.0769. The standard InChI is InChI=1S/C10H16N2OS/c1-8(11)4-5-12-10(13)7-9-3-2-6-14-9/h2-3,6,8H,4-5,7,11H2,1H3,(H,12,13). The molecule has 3 nitrogen and oxygen atoms in total. The number of amides is 1. The first kappa shape index (κ1) is 11.2. The molecule has 1 amide bonds. The number of nitrogens with one attached hydrogen (secondary N) is 1. The van der Waals surface area contributed by atoms with Gasteiger partial charge < -0.3 is 11.1 Å². The fourth-order valence-electron chi connectivity index (χ4n) is 1.07. The summed E-state index contributed by atoms with van der Waals surface area (Å²) < 4.78 is 0. The number of carbonyl (C=O) groups excluding carboxylic acids is 1. The van der Waals surface area contributed by atoms with Crippen molar-refractivity contribution in [3.8, 4) is 0 Å². The van der Waals surface area contributed by atoms with Crippen LogP contribution in [0.1, 0.15) is 18.2 Å². The van der Waals surface area contributed by atoms with Crippen LogP contribution in [0.4, 0.5) is 0 Å². The molecule has 1 atom stereocenters. The van der Waals surface area contributed by atoms with Gasteiger partial charge in [0.15, 0.2) is 0 Å². The van der Waals surface area contributed by atoms with Gasteiger partial charge in [0.05, 0.1) is 6.42 Å². The number of thiophene rings is 1. The molecule has 1 rings (SSSR count). The van der Waals surface area contributed by atoms with Crippen LogP contribution in [0.5, 0.6) is 0 Å². The van der Waals surface area contributed by atoms with Crippen LogP contribution in [0.2, 0.25) is 0 Å². The fourth-order valence-corrected chi connectivity index (χ4v) is 1.78. The highest BCUT2D eigenvalue weighted by Gasteiger charge is 2.03. The third-order valence-electron chi connectivity index (χ3n) is 1.84. The molecule has 78 valence electrons. The Morgan fingerprint density at radius 2 is 2.50 bits per heavy atom. The second-order valence-corrected chi connectivity index (χ2v) is 4.40. The Morgan fingerprint density at radius 3 is 3.07 bits per heavy atom. The van der Waals surface area contributed by atoms with E-state index in [1.807, 2.05) is 24.4 Å². The van der Waals surface area contributed by atoms with Crippen LogP contribution in [-0.4, -0.2) is 18.5 Å². The molecule has 0 fully saturated rings. The average molecular weight is 212 g/mol. The Balaban J connectivity index is 2.17. The maximum atomic E-state index is 11.3. The van der Waals surface area contributed by atoms with Gasteiger partial charge in [0.1, 0.15) is 0 Å². The van der Waals surface area contributed by atoms with Gasteiger partial charge >= 0.3 is 0 Å². The minimum atomic E-state index is 0.0769. The number of hydrogen-bond donors (Lipinski definition) is 2. The molecule has 0 aromatic carbocycles. The van der Waals surface area contributed by atoms with E-state index >= 15 is 0 Å². The summed E-state index contributed by atoms with van der Waals surface area (Å²) in [6, 6.07) is 4.07. The third kappa shape index (κ3) is 4.39. The van der Waals surface area contributed by atoms with Crippen LogP contribution < -0.4 is 11.1 Å². The van der Waals surface area contributed by atoms with Gasteiger partial charge in [-0.25, -0.2) is 0 Å². The van der Waals surface area contributed by atoms with Crippen LogP contribution in [0.3, 0.4) is 0 Å². The minimum absolute atomic E-state index is 0.0769. The summed E-state index contributed by atoms with van der Waals surface area (Å²) in [6.45, 7) is 2.60. The predicted molar refractivity (Wildman–Crippen MR) is 59.3 cm³/mol. The Kier molecular flexibility index (Phi) is 4.62. The summed E-state index contributed by atoms with van der Waals surface area (Å²) in [5.41, 5.74) is 5.57. The van der Waals surface area contributed by atoms with E-state index < -0.39 is 0 Å². The molecule has 1 unspecified atom stereocenters. The van der Waals surface area contributed by atoms with Crippen molar-refractivity contribution in [2.75, 3.05) is 6.54 Å². The predicted octanol–water partition coefficient (Wildman–Crippen LogP) is 1.14. The van der Waals surface area contributed by atoms with E-state index in [1.54, 1.807) is 11.3 Å². The van der Waals surface area contributed by atoms with E-state index in [4.69, 9.17) is 5.73 Å². The molecule has 0 spiro atoms. The minimum Gasteiger partial charge on any atom is -0.356 e. The van der Waals surface area contributed by atoms with E-state index in [1.165, 1.54) is 0 Å². The van der Waals surface area contributed by atoms with Gasteiger partial charge in [0.2, 0.25) is 5.91 Å². The van der Waals surface area contributed by atoms with Crippen molar-refractivity contribution in [3.63, 3.8) is 0 Å². The van der Waals surface area contributed by atoms with Crippen LogP contribution in [0, 0.1) is 0 Å². The van der Waals surface area contributed by atoms with Gasteiger partial charge in [0, 0.05) is 17.5 Å². The second-order valence-electron chi connectivity index (χ2n) is 3.37. The quantitative estimate of drug-likeness (QED) is 0.769. The van der Waals surface area contributed by atoms with Crippen LogP contribution in [0.25, 0.3) is 0 Å². The topological polar surface area (TPSA) is 55.1 Å². The Bertz CT molecular complexity index is 270. The van der Waals surface area contributed by atoms with Gasteiger partial charge in [-0.15, -0.1) is 11.3 Å². The lowest BCUT2D eigenvalue weighted by Gasteiger charge is -2.06. The van der Waals surface area contributed by atoms with Crippen molar-refractivity contribution in [1.29, 1.82) is 0 Å². The first-order valence-corrected chi connectivity index (χ1v) is 5.61. The molecule has 1 heterocycles. The normalized spacial score (nSPS) is 12.4. The third-order valence-corrected chi connectivity index (χ3v) is 2.71. The van der Waals surface area contributed by atoms with Gasteiger partial charge in [0.25, 0.3) is 0 Å². The van der Waals surface area contributed by atoms with Crippen molar-refractivity contribution in [1.82, 2.24) is 5.32 Å². The average Bonchev–Trinajstić information content (AvgIpc) is 2.56. The molecule has 1 aromatic rings. The lowest BCUT2D eigenvalue weighted by molar-refractivity contribution is -0.120. The molecule has 0 saturated heterocycles. The molecule has 0 bridgehead atoms. The highest BCUT2D eigenvalue weighted by Crippen LogP contribution is 2.08. The number of nitrogens with two attached hydrogens (primary N) is 1. The lowest BCUT2D eigenvalue weighted by Crippen LogP contribution is -2.29. The zero-order chi connectivity index (χ0) is 10.4. The highest BCUT2D eigenvalue weighted by molar-refractivity contribution is 7.10. The molecular formula is C10H16N2OS. The first-order valence-electron chi connectivity index (χ1n) is 4.73. The molecule has 0 saturated carbocycles. The van der Waals surface area contributed by atoms with Crippen molar-refractivity contribution in [3.05, 3.63) is 22.4 Å². The SMILES string of the molecule is CC(N)CCNC(=O)Cc1cccs1. The van der Waals surface area contributed by atoms with E-state index in [0.29, 0.717) is 13.0 Å². The van der Waals surface area contributed by atoms with Gasteiger partial charge in [-0.3, -0.25) is 4.79 Å². The molecule has 0 aliphatic rings. The van der Waals surface area contributed by atoms with E-state index in [0.717, 1.165) is 11.3 Å². The van der Waals surface area contributed by atoms with Crippen LogP contribution in [-0.2, 0) is 11.2 Å². The summed E-state index contributed by atoms with van der Waals surface area (Å²) in [5, 5.41) is 4.82. The van der Waals surface area contributed by atoms with Crippen molar-refractivity contribution in [2.45, 2.75) is 25.8 Å². The molecule has 3 N–H and O–H groups in total. The molecule has 14 heavy (non-hydrogen) atoms. The summed E-state index contributed by atoms with van der Waals surface area (Å²) >= 11 is 1.61. The largest absolute Gasteiger partial charge is 0.356 e. The van der Waals surface area contributed by atoms with Crippen molar-refractivity contribution in [2.24, 2.45) is 5.73 Å². The van der Waals surface area contributed by atoms with Gasteiger partial charge in [-0.1, -0.05) is 6.07 Å². The maximum absolute atomic E-state index is 11.3. The summed E-state index contributed by atoms with van der Waals surface area (Å²) in [6.07, 6.45) is 1.31. The molecule has 0 aliphatic carbocycles.